The van der Waals surface area contributed by atoms with Crippen molar-refractivity contribution < 1.29 is 19.7 Å². The summed E-state index contributed by atoms with van der Waals surface area (Å²) >= 11 is 6.15. The van der Waals surface area contributed by atoms with Crippen LogP contribution in [0.15, 0.2) is 18.2 Å². The van der Waals surface area contributed by atoms with Crippen molar-refractivity contribution in [3.8, 4) is 0 Å². The molecule has 3 unspecified atom stereocenters. The van der Waals surface area contributed by atoms with E-state index in [2.05, 4.69) is 20.9 Å². The molecular formula is C20H29ClN4O4. The molecule has 3 fully saturated rings. The van der Waals surface area contributed by atoms with E-state index in [1.165, 1.54) is 0 Å². The Morgan fingerprint density at radius 3 is 2.93 bits per heavy atom. The van der Waals surface area contributed by atoms with Crippen LogP contribution in [0, 0.1) is 5.92 Å². The molecule has 4 aliphatic heterocycles. The number of fused-ring (bicyclic) bond motifs is 2. The summed E-state index contributed by atoms with van der Waals surface area (Å²) in [6.45, 7) is 2.01. The molecule has 5 rings (SSSR count). The van der Waals surface area contributed by atoms with Crippen molar-refractivity contribution in [2.75, 3.05) is 26.9 Å². The van der Waals surface area contributed by atoms with Gasteiger partial charge in [0, 0.05) is 24.2 Å². The lowest BCUT2D eigenvalue weighted by atomic mass is 9.92. The molecule has 1 aromatic rings. The minimum atomic E-state index is -1.02. The molecule has 0 amide bonds. The van der Waals surface area contributed by atoms with Gasteiger partial charge in [-0.1, -0.05) is 17.7 Å². The topological polar surface area (TPSA) is 98.3 Å². The molecule has 5 N–H and O–H groups in total. The van der Waals surface area contributed by atoms with E-state index in [0.717, 1.165) is 30.5 Å². The zero-order valence-electron chi connectivity index (χ0n) is 16.4. The summed E-state index contributed by atoms with van der Waals surface area (Å²) in [5.74, 6) is 0.356. The van der Waals surface area contributed by atoms with Gasteiger partial charge in [0.15, 0.2) is 0 Å². The van der Waals surface area contributed by atoms with E-state index in [0.29, 0.717) is 24.2 Å². The lowest BCUT2D eigenvalue weighted by molar-refractivity contribution is -0.142. The molecule has 8 nitrogen and oxygen atoms in total. The first-order valence-corrected chi connectivity index (χ1v) is 10.8. The number of hydrogen-bond donors (Lipinski definition) is 5. The van der Waals surface area contributed by atoms with Crippen LogP contribution in [0.5, 0.6) is 0 Å². The van der Waals surface area contributed by atoms with E-state index in [1.807, 2.05) is 25.2 Å². The van der Waals surface area contributed by atoms with E-state index < -0.39 is 30.6 Å². The van der Waals surface area contributed by atoms with Crippen LogP contribution in [-0.4, -0.2) is 78.9 Å². The number of halogens is 1. The first-order valence-electron chi connectivity index (χ1n) is 10.4. The first kappa shape index (κ1) is 20.1. The summed E-state index contributed by atoms with van der Waals surface area (Å²) in [7, 11) is 1.95. The zero-order chi connectivity index (χ0) is 20.1. The Balaban J connectivity index is 1.37. The highest BCUT2D eigenvalue weighted by molar-refractivity contribution is 6.30. The van der Waals surface area contributed by atoms with E-state index >= 15 is 0 Å². The predicted molar refractivity (Wildman–Crippen MR) is 107 cm³/mol. The summed E-state index contributed by atoms with van der Waals surface area (Å²) in [5.41, 5.74) is 2.09. The Hall–Kier alpha value is -0.810. The van der Waals surface area contributed by atoms with Crippen molar-refractivity contribution in [3.63, 3.8) is 0 Å². The van der Waals surface area contributed by atoms with E-state index in [-0.39, 0.29) is 12.3 Å². The molecule has 0 aliphatic carbocycles. The molecule has 1 aromatic carbocycles. The van der Waals surface area contributed by atoms with Gasteiger partial charge >= 0.3 is 0 Å². The number of benzene rings is 1. The van der Waals surface area contributed by atoms with Gasteiger partial charge < -0.3 is 25.0 Å². The van der Waals surface area contributed by atoms with E-state index in [4.69, 9.17) is 21.1 Å². The van der Waals surface area contributed by atoms with Gasteiger partial charge in [-0.3, -0.25) is 15.5 Å². The maximum absolute atomic E-state index is 10.9. The van der Waals surface area contributed by atoms with Gasteiger partial charge in [-0.15, -0.1) is 0 Å². The summed E-state index contributed by atoms with van der Waals surface area (Å²) in [6, 6.07) is 5.72. The third kappa shape index (κ3) is 3.40. The van der Waals surface area contributed by atoms with Gasteiger partial charge in [-0.25, -0.2) is 0 Å². The van der Waals surface area contributed by atoms with Crippen LogP contribution in [0.25, 0.3) is 0 Å². The van der Waals surface area contributed by atoms with Gasteiger partial charge in [0.2, 0.25) is 0 Å². The van der Waals surface area contributed by atoms with Gasteiger partial charge in [-0.05, 0) is 43.1 Å². The van der Waals surface area contributed by atoms with Crippen molar-refractivity contribution in [2.45, 2.75) is 55.8 Å². The lowest BCUT2D eigenvalue weighted by Crippen LogP contribution is -2.65. The second-order valence-corrected chi connectivity index (χ2v) is 8.78. The average molecular weight is 425 g/mol. The molecule has 160 valence electrons. The van der Waals surface area contributed by atoms with Crippen LogP contribution in [0.2, 0.25) is 5.02 Å². The van der Waals surface area contributed by atoms with Crippen LogP contribution in [0.3, 0.4) is 0 Å². The van der Waals surface area contributed by atoms with Gasteiger partial charge in [0.05, 0.1) is 18.9 Å². The summed E-state index contributed by atoms with van der Waals surface area (Å²) in [4.78, 5) is 2.15. The summed E-state index contributed by atoms with van der Waals surface area (Å²) in [6.07, 6.45) is -1.59. The van der Waals surface area contributed by atoms with Gasteiger partial charge in [-0.2, -0.15) is 0 Å². The number of nitrogens with zero attached hydrogens (tertiary/aromatic N) is 1. The van der Waals surface area contributed by atoms with Crippen molar-refractivity contribution in [1.29, 1.82) is 0 Å². The molecule has 0 radical (unpaired) electrons. The third-order valence-corrected chi connectivity index (χ3v) is 7.07. The average Bonchev–Trinajstić information content (AvgIpc) is 3.28. The van der Waals surface area contributed by atoms with Crippen molar-refractivity contribution in [2.24, 2.45) is 5.92 Å². The van der Waals surface area contributed by atoms with Crippen molar-refractivity contribution in [1.82, 2.24) is 20.9 Å². The fraction of sp³-hybridized carbons (Fsp3) is 0.700. The Kier molecular flexibility index (Phi) is 5.57. The zero-order valence-corrected chi connectivity index (χ0v) is 17.2. The lowest BCUT2D eigenvalue weighted by Gasteiger charge is -2.40. The van der Waals surface area contributed by atoms with Crippen molar-refractivity contribution in [3.05, 3.63) is 34.3 Å². The number of rotatable bonds is 3. The van der Waals surface area contributed by atoms with Crippen LogP contribution >= 0.6 is 11.6 Å². The minimum absolute atomic E-state index is 0.0812. The highest BCUT2D eigenvalue weighted by Crippen LogP contribution is 2.41. The van der Waals surface area contributed by atoms with Crippen LogP contribution < -0.4 is 16.0 Å². The van der Waals surface area contributed by atoms with E-state index in [9.17, 15) is 10.2 Å². The predicted octanol–water partition coefficient (Wildman–Crippen LogP) is -0.256. The molecule has 4 aliphatic rings. The van der Waals surface area contributed by atoms with Gasteiger partial charge in [0.25, 0.3) is 0 Å². The van der Waals surface area contributed by atoms with Crippen molar-refractivity contribution >= 4 is 11.6 Å². The second kappa shape index (κ2) is 8.03. The fourth-order valence-corrected chi connectivity index (χ4v) is 5.62. The number of hydrogen-bond acceptors (Lipinski definition) is 8. The normalized spacial score (nSPS) is 42.6. The molecular weight excluding hydrogens is 396 g/mol. The molecule has 8 atom stereocenters. The fourth-order valence-electron chi connectivity index (χ4n) is 5.42. The van der Waals surface area contributed by atoms with Crippen LogP contribution in [0.4, 0.5) is 0 Å². The van der Waals surface area contributed by atoms with Crippen LogP contribution in [0.1, 0.15) is 23.7 Å². The summed E-state index contributed by atoms with van der Waals surface area (Å²) < 4.78 is 12.3. The maximum Gasteiger partial charge on any atom is 0.141 e. The van der Waals surface area contributed by atoms with E-state index in [1.54, 1.807) is 0 Å². The third-order valence-electron chi connectivity index (χ3n) is 6.84. The molecule has 29 heavy (non-hydrogen) atoms. The van der Waals surface area contributed by atoms with Crippen LogP contribution in [-0.2, 0) is 15.9 Å². The number of nitrogens with one attached hydrogen (secondary N) is 3. The number of ether oxygens (including phenoxy) is 2. The highest BCUT2D eigenvalue weighted by atomic mass is 35.5. The Labute approximate surface area is 175 Å². The number of aliphatic hydroxyl groups excluding tert-OH is 2. The molecule has 3 saturated heterocycles. The maximum atomic E-state index is 10.9. The second-order valence-electron chi connectivity index (χ2n) is 8.34. The highest BCUT2D eigenvalue weighted by Gasteiger charge is 2.54. The minimum Gasteiger partial charge on any atom is -0.387 e. The molecule has 0 spiro atoms. The summed E-state index contributed by atoms with van der Waals surface area (Å²) in [5, 5.41) is 32.6. The molecule has 0 saturated carbocycles. The number of aliphatic hydroxyl groups is 2. The number of likely N-dealkylation sites (tertiary alicyclic amines) is 1. The Bertz CT molecular complexity index is 755. The first-order chi connectivity index (χ1) is 14.1. The standard InChI is InChI=1S/C20H29ClN4O4/c1-22-18-13-4-6-25(19(13)24-9-23-18)20-15(27)14(26)17(29-20)16-12-3-2-11(21)8-10(12)5-7-28-16/h2-3,8,13-20,22-24,26-27H,4-7,9H2,1H3/t13?,14-,15+,16+,17-,18?,19?,20+/m0/s1. The van der Waals surface area contributed by atoms with Gasteiger partial charge in [0.1, 0.15) is 30.6 Å². The molecule has 4 heterocycles. The largest absolute Gasteiger partial charge is 0.387 e. The smallest absolute Gasteiger partial charge is 0.141 e. The molecule has 0 bridgehead atoms. The molecule has 0 aromatic heterocycles. The molecule has 9 heteroatoms. The Morgan fingerprint density at radius 1 is 1.24 bits per heavy atom. The SMILES string of the molecule is CNC1NCNC2C1CCN2[C@@H]1O[C@H]([C@@H]2OCCc3cc(Cl)ccc32)[C@@H](O)[C@H]1O. The Morgan fingerprint density at radius 2 is 2.10 bits per heavy atom. The monoisotopic (exact) mass is 424 g/mol. The quantitative estimate of drug-likeness (QED) is 0.453.